The summed E-state index contributed by atoms with van der Waals surface area (Å²) in [6.07, 6.45) is -2.86. The van der Waals surface area contributed by atoms with Gasteiger partial charge in [-0.05, 0) is 0 Å². The standard InChI is InChI=1S/C4H10O6.C4H4O4/c5-1-2(6)3(7)4(8,9)10;5-3(6)1-2-4(7)8/h2-3,5-10H,1H2;1-2H,(H,5,6)(H,7,8)/b;2-1+. The lowest BCUT2D eigenvalue weighted by atomic mass is 10.2. The van der Waals surface area contributed by atoms with Crippen molar-refractivity contribution in [2.24, 2.45) is 0 Å². The third kappa shape index (κ3) is 10.9. The van der Waals surface area contributed by atoms with E-state index in [1.807, 2.05) is 0 Å². The lowest BCUT2D eigenvalue weighted by molar-refractivity contribution is -0.367. The van der Waals surface area contributed by atoms with E-state index in [0.29, 0.717) is 12.2 Å². The summed E-state index contributed by atoms with van der Waals surface area (Å²) in [4.78, 5) is 19.1. The molecule has 0 rings (SSSR count). The van der Waals surface area contributed by atoms with Crippen molar-refractivity contribution in [3.8, 4) is 0 Å². The maximum absolute atomic E-state index is 9.55. The first-order chi connectivity index (χ1) is 8.02. The van der Waals surface area contributed by atoms with Crippen molar-refractivity contribution in [3.05, 3.63) is 12.2 Å². The van der Waals surface area contributed by atoms with Gasteiger partial charge >= 0.3 is 17.9 Å². The van der Waals surface area contributed by atoms with Gasteiger partial charge in [-0.1, -0.05) is 0 Å². The number of aliphatic hydroxyl groups excluding tert-OH is 3. The van der Waals surface area contributed by atoms with Crippen LogP contribution in [0.1, 0.15) is 0 Å². The Labute approximate surface area is 100 Å². The van der Waals surface area contributed by atoms with Crippen molar-refractivity contribution in [2.45, 2.75) is 18.2 Å². The number of carboxylic acid groups (broad SMARTS) is 2. The highest BCUT2D eigenvalue weighted by Crippen LogP contribution is 2.05. The molecular weight excluding hydrogens is 256 g/mol. The zero-order chi connectivity index (χ0) is 14.9. The number of aliphatic carboxylic acids is 2. The van der Waals surface area contributed by atoms with Gasteiger partial charge in [-0.3, -0.25) is 0 Å². The van der Waals surface area contributed by atoms with E-state index < -0.39 is 36.7 Å². The van der Waals surface area contributed by atoms with Crippen LogP contribution >= 0.6 is 0 Å². The molecule has 0 heterocycles. The van der Waals surface area contributed by atoms with Gasteiger partial charge in [0.2, 0.25) is 0 Å². The second-order valence-electron chi connectivity index (χ2n) is 2.89. The van der Waals surface area contributed by atoms with E-state index in [0.717, 1.165) is 0 Å². The van der Waals surface area contributed by atoms with Crippen molar-refractivity contribution in [3.63, 3.8) is 0 Å². The largest absolute Gasteiger partial charge is 0.478 e. The Kier molecular flexibility index (Phi) is 8.90. The molecular formula is C8H14O10. The first-order valence-electron chi connectivity index (χ1n) is 4.30. The van der Waals surface area contributed by atoms with Gasteiger partial charge in [0, 0.05) is 12.2 Å². The highest BCUT2D eigenvalue weighted by Gasteiger charge is 2.35. The second kappa shape index (κ2) is 8.52. The summed E-state index contributed by atoms with van der Waals surface area (Å²) < 4.78 is 0. The lowest BCUT2D eigenvalue weighted by Crippen LogP contribution is -2.50. The number of aliphatic hydroxyl groups is 6. The van der Waals surface area contributed by atoms with Gasteiger partial charge in [0.1, 0.15) is 6.10 Å². The minimum Gasteiger partial charge on any atom is -0.478 e. The monoisotopic (exact) mass is 270 g/mol. The minimum absolute atomic E-state index is 0.558. The van der Waals surface area contributed by atoms with Gasteiger partial charge in [-0.15, -0.1) is 0 Å². The van der Waals surface area contributed by atoms with E-state index in [-0.39, 0.29) is 0 Å². The molecule has 0 aromatic rings. The van der Waals surface area contributed by atoms with Crippen LogP contribution in [-0.4, -0.2) is 77.6 Å². The normalized spacial score (nSPS) is 14.6. The minimum atomic E-state index is -3.37. The summed E-state index contributed by atoms with van der Waals surface area (Å²) in [6, 6.07) is 0. The molecule has 2 unspecified atom stereocenters. The Hall–Kier alpha value is -1.56. The number of rotatable bonds is 5. The zero-order valence-corrected chi connectivity index (χ0v) is 8.91. The predicted octanol–water partition coefficient (Wildman–Crippen LogP) is -3.96. The summed E-state index contributed by atoms with van der Waals surface area (Å²) in [6.45, 7) is -0.870. The fourth-order valence-electron chi connectivity index (χ4n) is 0.501. The van der Waals surface area contributed by atoms with Crippen LogP contribution in [0.5, 0.6) is 0 Å². The number of carboxylic acids is 2. The summed E-state index contributed by atoms with van der Waals surface area (Å²) in [5.74, 6) is -5.89. The van der Waals surface area contributed by atoms with Crippen molar-refractivity contribution >= 4 is 11.9 Å². The van der Waals surface area contributed by atoms with Gasteiger partial charge in [-0.2, -0.15) is 0 Å². The average molecular weight is 270 g/mol. The molecule has 0 amide bonds. The van der Waals surface area contributed by atoms with Crippen LogP contribution in [0.15, 0.2) is 12.2 Å². The van der Waals surface area contributed by atoms with Crippen LogP contribution in [0, 0.1) is 0 Å². The number of hydrogen-bond acceptors (Lipinski definition) is 8. The number of hydrogen-bond donors (Lipinski definition) is 8. The van der Waals surface area contributed by atoms with E-state index in [9.17, 15) is 9.59 Å². The van der Waals surface area contributed by atoms with Crippen LogP contribution < -0.4 is 0 Å². The number of carbonyl (C=O) groups is 2. The molecule has 0 aliphatic carbocycles. The summed E-state index contributed by atoms with van der Waals surface area (Å²) >= 11 is 0. The third-order valence-corrected chi connectivity index (χ3v) is 1.32. The molecule has 10 heteroatoms. The van der Waals surface area contributed by atoms with E-state index in [2.05, 4.69) is 0 Å². The Bertz CT molecular complexity index is 275. The molecule has 0 spiro atoms. The first-order valence-corrected chi connectivity index (χ1v) is 4.30. The van der Waals surface area contributed by atoms with Gasteiger partial charge in [-0.25, -0.2) is 9.59 Å². The summed E-state index contributed by atoms with van der Waals surface area (Å²) in [5.41, 5.74) is 0. The maximum atomic E-state index is 9.55. The first kappa shape index (κ1) is 18.8. The van der Waals surface area contributed by atoms with Crippen LogP contribution in [0.3, 0.4) is 0 Å². The summed E-state index contributed by atoms with van der Waals surface area (Å²) in [7, 11) is 0. The van der Waals surface area contributed by atoms with Gasteiger partial charge in [0.15, 0.2) is 6.10 Å². The Morgan fingerprint density at radius 1 is 1.00 bits per heavy atom. The molecule has 0 saturated heterocycles. The topological polar surface area (TPSA) is 196 Å². The van der Waals surface area contributed by atoms with E-state index in [1.165, 1.54) is 0 Å². The molecule has 8 N–H and O–H groups in total. The lowest BCUT2D eigenvalue weighted by Gasteiger charge is -2.23. The summed E-state index contributed by atoms with van der Waals surface area (Å²) in [5, 5.41) is 65.3. The molecule has 0 aromatic heterocycles. The highest BCUT2D eigenvalue weighted by molar-refractivity contribution is 5.89. The van der Waals surface area contributed by atoms with Crippen LogP contribution in [0.25, 0.3) is 0 Å². The smallest absolute Gasteiger partial charge is 0.328 e. The molecule has 10 nitrogen and oxygen atoms in total. The van der Waals surface area contributed by atoms with Crippen LogP contribution in [-0.2, 0) is 9.59 Å². The molecule has 0 aliphatic rings. The van der Waals surface area contributed by atoms with Gasteiger partial charge in [0.05, 0.1) is 6.61 Å². The molecule has 0 bridgehead atoms. The Balaban J connectivity index is 0. The fraction of sp³-hybridized carbons (Fsp3) is 0.500. The molecule has 0 fully saturated rings. The fourth-order valence-corrected chi connectivity index (χ4v) is 0.501. The third-order valence-electron chi connectivity index (χ3n) is 1.32. The molecule has 0 aliphatic heterocycles. The van der Waals surface area contributed by atoms with Crippen LogP contribution in [0.4, 0.5) is 0 Å². The van der Waals surface area contributed by atoms with Gasteiger partial charge < -0.3 is 40.9 Å². The maximum Gasteiger partial charge on any atom is 0.328 e. The van der Waals surface area contributed by atoms with Crippen molar-refractivity contribution < 1.29 is 50.4 Å². The molecule has 0 radical (unpaired) electrons. The Morgan fingerprint density at radius 2 is 1.33 bits per heavy atom. The van der Waals surface area contributed by atoms with Crippen molar-refractivity contribution in [1.29, 1.82) is 0 Å². The average Bonchev–Trinajstić information content (AvgIpc) is 2.23. The SMILES string of the molecule is O=C(O)/C=C/C(=O)O.OCC(O)C(O)C(O)(O)O. The zero-order valence-electron chi connectivity index (χ0n) is 8.91. The van der Waals surface area contributed by atoms with Gasteiger partial charge in [0.25, 0.3) is 0 Å². The van der Waals surface area contributed by atoms with E-state index in [4.69, 9.17) is 40.9 Å². The molecule has 18 heavy (non-hydrogen) atoms. The Morgan fingerprint density at radius 3 is 1.44 bits per heavy atom. The molecule has 106 valence electrons. The highest BCUT2D eigenvalue weighted by atomic mass is 16.7. The van der Waals surface area contributed by atoms with Crippen molar-refractivity contribution in [1.82, 2.24) is 0 Å². The molecule has 0 saturated carbocycles. The predicted molar refractivity (Wildman–Crippen MR) is 52.9 cm³/mol. The molecule has 0 aromatic carbocycles. The van der Waals surface area contributed by atoms with E-state index >= 15 is 0 Å². The van der Waals surface area contributed by atoms with Crippen LogP contribution in [0.2, 0.25) is 0 Å². The van der Waals surface area contributed by atoms with Crippen molar-refractivity contribution in [2.75, 3.05) is 6.61 Å². The molecule has 2 atom stereocenters. The van der Waals surface area contributed by atoms with E-state index in [1.54, 1.807) is 0 Å². The quantitative estimate of drug-likeness (QED) is 0.180. The second-order valence-corrected chi connectivity index (χ2v) is 2.89.